The molecule has 0 bridgehead atoms. The van der Waals surface area contributed by atoms with E-state index in [-0.39, 0.29) is 11.8 Å². The molecule has 0 N–H and O–H groups in total. The van der Waals surface area contributed by atoms with Crippen molar-refractivity contribution < 1.29 is 17.6 Å². The number of hydrogen-bond donors (Lipinski definition) is 0. The molecule has 2 aliphatic rings. The zero-order valence-corrected chi connectivity index (χ0v) is 14.7. The standard InChI is InChI=1S/C19H32F4/c1-4-7-12(3)8-6-9-15-11-14-10-13(5-2)17(20)18(21)16(14)19(15,22)23/h12-18H,4-11H2,1-3H3. The van der Waals surface area contributed by atoms with Crippen molar-refractivity contribution in [3.63, 3.8) is 0 Å². The Morgan fingerprint density at radius 1 is 1.04 bits per heavy atom. The minimum atomic E-state index is -3.04. The normalized spacial score (nSPS) is 40.8. The fourth-order valence-corrected chi connectivity index (χ4v) is 5.00. The first-order chi connectivity index (χ1) is 10.8. The molecular weight excluding hydrogens is 304 g/mol. The monoisotopic (exact) mass is 336 g/mol. The van der Waals surface area contributed by atoms with Crippen molar-refractivity contribution in [3.8, 4) is 0 Å². The van der Waals surface area contributed by atoms with Gasteiger partial charge in [-0.25, -0.2) is 17.6 Å². The molecule has 0 radical (unpaired) electrons. The van der Waals surface area contributed by atoms with Crippen molar-refractivity contribution in [1.82, 2.24) is 0 Å². The molecule has 2 fully saturated rings. The minimum absolute atomic E-state index is 0.338. The zero-order chi connectivity index (χ0) is 17.2. The third kappa shape index (κ3) is 3.87. The summed E-state index contributed by atoms with van der Waals surface area (Å²) in [5.74, 6) is -5.35. The highest BCUT2D eigenvalue weighted by Gasteiger charge is 2.63. The molecule has 0 amide bonds. The Morgan fingerprint density at radius 3 is 2.35 bits per heavy atom. The number of halogens is 4. The average molecular weight is 336 g/mol. The predicted molar refractivity (Wildman–Crippen MR) is 86.1 cm³/mol. The van der Waals surface area contributed by atoms with Crippen LogP contribution in [0.3, 0.4) is 0 Å². The van der Waals surface area contributed by atoms with Gasteiger partial charge in [-0.1, -0.05) is 52.9 Å². The van der Waals surface area contributed by atoms with E-state index >= 15 is 0 Å². The van der Waals surface area contributed by atoms with Gasteiger partial charge in [0.25, 0.3) is 5.92 Å². The van der Waals surface area contributed by atoms with Crippen LogP contribution in [0.1, 0.15) is 72.1 Å². The third-order valence-corrected chi connectivity index (χ3v) is 6.34. The molecule has 2 rings (SSSR count). The maximum Gasteiger partial charge on any atom is 0.256 e. The van der Waals surface area contributed by atoms with E-state index < -0.39 is 30.1 Å². The van der Waals surface area contributed by atoms with Crippen molar-refractivity contribution in [2.45, 2.75) is 90.4 Å². The summed E-state index contributed by atoms with van der Waals surface area (Å²) in [5, 5.41) is 0. The number of rotatable bonds is 7. The molecule has 0 aliphatic heterocycles. The molecule has 2 aliphatic carbocycles. The molecule has 0 aromatic carbocycles. The van der Waals surface area contributed by atoms with Crippen LogP contribution in [0.4, 0.5) is 17.6 Å². The van der Waals surface area contributed by atoms with Crippen LogP contribution < -0.4 is 0 Å². The first-order valence-corrected chi connectivity index (χ1v) is 9.48. The van der Waals surface area contributed by atoms with E-state index in [9.17, 15) is 17.6 Å². The van der Waals surface area contributed by atoms with Gasteiger partial charge in [0.2, 0.25) is 0 Å². The summed E-state index contributed by atoms with van der Waals surface area (Å²) in [6.07, 6.45) is 2.07. The lowest BCUT2D eigenvalue weighted by molar-refractivity contribution is -0.137. The van der Waals surface area contributed by atoms with Crippen molar-refractivity contribution in [1.29, 1.82) is 0 Å². The summed E-state index contributed by atoms with van der Waals surface area (Å²) in [6.45, 7) is 6.11. The molecule has 2 saturated carbocycles. The van der Waals surface area contributed by atoms with Crippen molar-refractivity contribution in [2.75, 3.05) is 0 Å². The Balaban J connectivity index is 1.96. The quantitative estimate of drug-likeness (QED) is 0.460. The third-order valence-electron chi connectivity index (χ3n) is 6.34. The predicted octanol–water partition coefficient (Wildman–Crippen LogP) is 6.59. The number of alkyl halides is 4. The SMILES string of the molecule is CCCC(C)CCCC1CC2CC(CC)C(F)C(F)C2C1(F)F. The van der Waals surface area contributed by atoms with Gasteiger partial charge in [0.05, 0.1) is 5.92 Å². The Kier molecular flexibility index (Phi) is 6.41. The summed E-state index contributed by atoms with van der Waals surface area (Å²) < 4.78 is 57.7. The van der Waals surface area contributed by atoms with Gasteiger partial charge in [0, 0.05) is 5.92 Å². The first kappa shape index (κ1) is 19.1. The van der Waals surface area contributed by atoms with Crippen LogP contribution in [0.25, 0.3) is 0 Å². The summed E-state index contributed by atoms with van der Waals surface area (Å²) in [6, 6.07) is 0. The second-order valence-electron chi connectivity index (χ2n) is 8.01. The van der Waals surface area contributed by atoms with Gasteiger partial charge in [-0.15, -0.1) is 0 Å². The Bertz CT molecular complexity index is 370. The van der Waals surface area contributed by atoms with Gasteiger partial charge in [0.15, 0.2) is 0 Å². The van der Waals surface area contributed by atoms with Gasteiger partial charge >= 0.3 is 0 Å². The maximum atomic E-state index is 14.7. The van der Waals surface area contributed by atoms with Crippen LogP contribution in [-0.2, 0) is 0 Å². The second kappa shape index (κ2) is 7.74. The lowest BCUT2D eigenvalue weighted by atomic mass is 9.72. The van der Waals surface area contributed by atoms with Crippen LogP contribution >= 0.6 is 0 Å². The van der Waals surface area contributed by atoms with Gasteiger partial charge in [-0.3, -0.25) is 0 Å². The van der Waals surface area contributed by atoms with Crippen LogP contribution in [-0.4, -0.2) is 18.3 Å². The van der Waals surface area contributed by atoms with Crippen LogP contribution in [0.15, 0.2) is 0 Å². The molecule has 0 aromatic rings. The minimum Gasteiger partial charge on any atom is -0.244 e. The molecule has 23 heavy (non-hydrogen) atoms. The highest BCUT2D eigenvalue weighted by molar-refractivity contribution is 5.05. The summed E-state index contributed by atoms with van der Waals surface area (Å²) >= 11 is 0. The van der Waals surface area contributed by atoms with Crippen molar-refractivity contribution in [2.24, 2.45) is 29.6 Å². The molecule has 7 atom stereocenters. The fourth-order valence-electron chi connectivity index (χ4n) is 5.00. The largest absolute Gasteiger partial charge is 0.256 e. The van der Waals surface area contributed by atoms with E-state index in [1.54, 1.807) is 0 Å². The average Bonchev–Trinajstić information content (AvgIpc) is 2.74. The van der Waals surface area contributed by atoms with Crippen molar-refractivity contribution >= 4 is 0 Å². The van der Waals surface area contributed by atoms with Gasteiger partial charge in [0.1, 0.15) is 12.3 Å². The number of fused-ring (bicyclic) bond motifs is 1. The summed E-state index contributed by atoms with van der Waals surface area (Å²) in [4.78, 5) is 0. The zero-order valence-electron chi connectivity index (χ0n) is 14.7. The van der Waals surface area contributed by atoms with Crippen LogP contribution in [0, 0.1) is 29.6 Å². The van der Waals surface area contributed by atoms with Gasteiger partial charge < -0.3 is 0 Å². The lowest BCUT2D eigenvalue weighted by Crippen LogP contribution is -2.47. The van der Waals surface area contributed by atoms with E-state index in [0.717, 1.165) is 25.7 Å². The lowest BCUT2D eigenvalue weighted by Gasteiger charge is -2.39. The van der Waals surface area contributed by atoms with E-state index in [1.165, 1.54) is 0 Å². The molecule has 0 aromatic heterocycles. The second-order valence-corrected chi connectivity index (χ2v) is 8.01. The van der Waals surface area contributed by atoms with Crippen LogP contribution in [0.2, 0.25) is 0 Å². The number of hydrogen-bond acceptors (Lipinski definition) is 0. The van der Waals surface area contributed by atoms with E-state index in [4.69, 9.17) is 0 Å². The molecular formula is C19H32F4. The van der Waals surface area contributed by atoms with Gasteiger partial charge in [-0.05, 0) is 37.0 Å². The summed E-state index contributed by atoms with van der Waals surface area (Å²) in [7, 11) is 0. The smallest absolute Gasteiger partial charge is 0.244 e. The van der Waals surface area contributed by atoms with Crippen LogP contribution in [0.5, 0.6) is 0 Å². The first-order valence-electron chi connectivity index (χ1n) is 9.48. The highest BCUT2D eigenvalue weighted by atomic mass is 19.3. The maximum absolute atomic E-state index is 14.7. The Hall–Kier alpha value is -0.280. The molecule has 7 unspecified atom stereocenters. The van der Waals surface area contributed by atoms with E-state index in [0.29, 0.717) is 31.6 Å². The summed E-state index contributed by atoms with van der Waals surface area (Å²) in [5.41, 5.74) is 0. The molecule has 0 saturated heterocycles. The highest BCUT2D eigenvalue weighted by Crippen LogP contribution is 2.58. The topological polar surface area (TPSA) is 0 Å². The molecule has 0 spiro atoms. The Labute approximate surface area is 138 Å². The molecule has 136 valence electrons. The Morgan fingerprint density at radius 2 is 1.74 bits per heavy atom. The van der Waals surface area contributed by atoms with Gasteiger partial charge in [-0.2, -0.15) is 0 Å². The molecule has 0 nitrogen and oxygen atoms in total. The van der Waals surface area contributed by atoms with E-state index in [1.807, 2.05) is 6.92 Å². The van der Waals surface area contributed by atoms with E-state index in [2.05, 4.69) is 13.8 Å². The molecule has 0 heterocycles. The molecule has 4 heteroatoms. The van der Waals surface area contributed by atoms with Crippen molar-refractivity contribution in [3.05, 3.63) is 0 Å². The fraction of sp³-hybridized carbons (Fsp3) is 1.00.